The number of rotatable bonds is 9. The molecule has 8 heteroatoms. The van der Waals surface area contributed by atoms with Crippen LogP contribution in [-0.2, 0) is 4.79 Å². The van der Waals surface area contributed by atoms with E-state index in [4.69, 9.17) is 14.2 Å². The molecule has 0 aliphatic rings. The standard InChI is InChI=1S/C27H29BrN2O5/c1-16(2)19-12-20(28)17(3)11-23(19)35-15-26(31)29-21-13-25(34-5)22(14-24(21)33-4)30-27(32)18-9-7-6-8-10-18/h6-14,16H,15H2,1-5H3,(H,29,31)(H,30,32). The lowest BCUT2D eigenvalue weighted by atomic mass is 10.0. The highest BCUT2D eigenvalue weighted by molar-refractivity contribution is 9.10. The molecule has 3 aromatic carbocycles. The molecule has 0 aromatic heterocycles. The van der Waals surface area contributed by atoms with E-state index in [0.29, 0.717) is 34.2 Å². The van der Waals surface area contributed by atoms with E-state index in [1.807, 2.05) is 25.1 Å². The summed E-state index contributed by atoms with van der Waals surface area (Å²) in [5, 5.41) is 5.62. The molecule has 0 unspecified atom stereocenters. The Kier molecular flexibility index (Phi) is 8.76. The third-order valence-electron chi connectivity index (χ3n) is 5.35. The molecule has 0 atom stereocenters. The first-order valence-corrected chi connectivity index (χ1v) is 11.9. The Morgan fingerprint density at radius 2 is 1.49 bits per heavy atom. The Balaban J connectivity index is 1.76. The first-order chi connectivity index (χ1) is 16.7. The highest BCUT2D eigenvalue weighted by atomic mass is 79.9. The fourth-order valence-electron chi connectivity index (χ4n) is 3.45. The molecule has 0 saturated heterocycles. The van der Waals surface area contributed by atoms with Crippen LogP contribution in [0.25, 0.3) is 0 Å². The number of methoxy groups -OCH3 is 2. The number of benzene rings is 3. The summed E-state index contributed by atoms with van der Waals surface area (Å²) in [7, 11) is 2.97. The smallest absolute Gasteiger partial charge is 0.262 e. The number of ether oxygens (including phenoxy) is 3. The number of carbonyl (C=O) groups is 2. The molecule has 3 rings (SSSR count). The lowest BCUT2D eigenvalue weighted by Gasteiger charge is -2.18. The molecule has 0 heterocycles. The second-order valence-electron chi connectivity index (χ2n) is 8.20. The average Bonchev–Trinajstić information content (AvgIpc) is 2.85. The molecule has 0 radical (unpaired) electrons. The summed E-state index contributed by atoms with van der Waals surface area (Å²) >= 11 is 3.55. The lowest BCUT2D eigenvalue weighted by molar-refractivity contribution is -0.118. The van der Waals surface area contributed by atoms with Crippen LogP contribution in [0.5, 0.6) is 17.2 Å². The van der Waals surface area contributed by atoms with Crippen LogP contribution < -0.4 is 24.8 Å². The minimum absolute atomic E-state index is 0.182. The van der Waals surface area contributed by atoms with Crippen LogP contribution in [0.4, 0.5) is 11.4 Å². The monoisotopic (exact) mass is 540 g/mol. The van der Waals surface area contributed by atoms with Crippen molar-refractivity contribution in [1.82, 2.24) is 0 Å². The molecule has 184 valence electrons. The Morgan fingerprint density at radius 3 is 2.06 bits per heavy atom. The van der Waals surface area contributed by atoms with Gasteiger partial charge < -0.3 is 24.8 Å². The van der Waals surface area contributed by atoms with Crippen LogP contribution in [0.15, 0.2) is 59.1 Å². The van der Waals surface area contributed by atoms with Gasteiger partial charge in [-0.3, -0.25) is 9.59 Å². The minimum atomic E-state index is -0.360. The van der Waals surface area contributed by atoms with Gasteiger partial charge in [0.2, 0.25) is 0 Å². The third kappa shape index (κ3) is 6.54. The summed E-state index contributed by atoms with van der Waals surface area (Å²) in [6.45, 7) is 5.92. The van der Waals surface area contributed by atoms with Crippen LogP contribution in [0, 0.1) is 6.92 Å². The maximum absolute atomic E-state index is 12.7. The number of carbonyl (C=O) groups excluding carboxylic acids is 2. The highest BCUT2D eigenvalue weighted by Crippen LogP contribution is 2.37. The highest BCUT2D eigenvalue weighted by Gasteiger charge is 2.17. The van der Waals surface area contributed by atoms with E-state index >= 15 is 0 Å². The second kappa shape index (κ2) is 11.8. The van der Waals surface area contributed by atoms with Gasteiger partial charge in [-0.2, -0.15) is 0 Å². The van der Waals surface area contributed by atoms with Gasteiger partial charge in [-0.05, 0) is 48.2 Å². The summed E-state index contributed by atoms with van der Waals surface area (Å²) in [5.41, 5.74) is 3.34. The van der Waals surface area contributed by atoms with E-state index in [1.54, 1.807) is 36.4 Å². The van der Waals surface area contributed by atoms with Crippen molar-refractivity contribution in [1.29, 1.82) is 0 Å². The maximum Gasteiger partial charge on any atom is 0.262 e. The molecular weight excluding hydrogens is 512 g/mol. The fourth-order valence-corrected chi connectivity index (χ4v) is 3.81. The van der Waals surface area contributed by atoms with Crippen LogP contribution in [0.3, 0.4) is 0 Å². The zero-order valence-corrected chi connectivity index (χ0v) is 22.0. The SMILES string of the molecule is COc1cc(NC(=O)c2ccccc2)c(OC)cc1NC(=O)COc1cc(C)c(Br)cc1C(C)C. The number of amides is 2. The number of anilines is 2. The zero-order chi connectivity index (χ0) is 25.5. The molecule has 0 bridgehead atoms. The Hall–Kier alpha value is -3.52. The van der Waals surface area contributed by atoms with Gasteiger partial charge in [0.25, 0.3) is 11.8 Å². The van der Waals surface area contributed by atoms with Crippen LogP contribution in [0.1, 0.15) is 41.3 Å². The third-order valence-corrected chi connectivity index (χ3v) is 6.21. The quantitative estimate of drug-likeness (QED) is 0.339. The van der Waals surface area contributed by atoms with Crippen molar-refractivity contribution >= 4 is 39.1 Å². The Morgan fingerprint density at radius 1 is 0.886 bits per heavy atom. The number of hydrogen-bond acceptors (Lipinski definition) is 5. The van der Waals surface area contributed by atoms with E-state index in [1.165, 1.54) is 14.2 Å². The van der Waals surface area contributed by atoms with Gasteiger partial charge in [-0.15, -0.1) is 0 Å². The van der Waals surface area contributed by atoms with Crippen LogP contribution in [0.2, 0.25) is 0 Å². The summed E-state index contributed by atoms with van der Waals surface area (Å²) < 4.78 is 17.7. The second-order valence-corrected chi connectivity index (χ2v) is 9.06. The first-order valence-electron chi connectivity index (χ1n) is 11.1. The van der Waals surface area contributed by atoms with Crippen LogP contribution >= 0.6 is 15.9 Å². The van der Waals surface area contributed by atoms with E-state index in [2.05, 4.69) is 40.4 Å². The predicted octanol–water partition coefficient (Wildman–Crippen LogP) is 6.17. The van der Waals surface area contributed by atoms with Gasteiger partial charge in [-0.1, -0.05) is 48.0 Å². The van der Waals surface area contributed by atoms with Crippen molar-refractivity contribution < 1.29 is 23.8 Å². The molecule has 0 saturated carbocycles. The molecule has 0 fully saturated rings. The summed E-state index contributed by atoms with van der Waals surface area (Å²) in [5.74, 6) is 0.984. The first kappa shape index (κ1) is 26.1. The lowest BCUT2D eigenvalue weighted by Crippen LogP contribution is -2.21. The van der Waals surface area contributed by atoms with Crippen molar-refractivity contribution in [2.75, 3.05) is 31.5 Å². The van der Waals surface area contributed by atoms with Crippen LogP contribution in [-0.4, -0.2) is 32.6 Å². The molecule has 2 amide bonds. The Bertz CT molecular complexity index is 1210. The van der Waals surface area contributed by atoms with Gasteiger partial charge in [0.1, 0.15) is 17.2 Å². The fraction of sp³-hybridized carbons (Fsp3) is 0.259. The van der Waals surface area contributed by atoms with E-state index < -0.39 is 0 Å². The zero-order valence-electron chi connectivity index (χ0n) is 20.4. The van der Waals surface area contributed by atoms with Crippen molar-refractivity contribution in [2.24, 2.45) is 0 Å². The summed E-state index contributed by atoms with van der Waals surface area (Å²) in [6, 6.07) is 16.0. The molecule has 0 aliphatic carbocycles. The number of nitrogens with one attached hydrogen (secondary N) is 2. The van der Waals surface area contributed by atoms with Gasteiger partial charge in [0.05, 0.1) is 25.6 Å². The van der Waals surface area contributed by atoms with Crippen molar-refractivity contribution in [3.63, 3.8) is 0 Å². The molecule has 7 nitrogen and oxygen atoms in total. The molecule has 35 heavy (non-hydrogen) atoms. The average molecular weight is 541 g/mol. The van der Waals surface area contributed by atoms with Gasteiger partial charge in [0, 0.05) is 22.2 Å². The topological polar surface area (TPSA) is 85.9 Å². The van der Waals surface area contributed by atoms with Gasteiger partial charge in [0.15, 0.2) is 6.61 Å². The Labute approximate surface area is 213 Å². The molecule has 3 aromatic rings. The summed E-state index contributed by atoms with van der Waals surface area (Å²) in [4.78, 5) is 25.3. The van der Waals surface area contributed by atoms with Crippen molar-refractivity contribution in [3.05, 3.63) is 75.8 Å². The normalized spacial score (nSPS) is 10.6. The number of aryl methyl sites for hydroxylation is 1. The molecule has 0 aliphatic heterocycles. The minimum Gasteiger partial charge on any atom is -0.494 e. The van der Waals surface area contributed by atoms with Gasteiger partial charge >= 0.3 is 0 Å². The number of halogens is 1. The van der Waals surface area contributed by atoms with Crippen molar-refractivity contribution in [2.45, 2.75) is 26.7 Å². The van der Waals surface area contributed by atoms with E-state index in [9.17, 15) is 9.59 Å². The molecular formula is C27H29BrN2O5. The predicted molar refractivity (Wildman–Crippen MR) is 141 cm³/mol. The molecule has 0 spiro atoms. The maximum atomic E-state index is 12.7. The summed E-state index contributed by atoms with van der Waals surface area (Å²) in [6.07, 6.45) is 0. The van der Waals surface area contributed by atoms with E-state index in [0.717, 1.165) is 15.6 Å². The van der Waals surface area contributed by atoms with Gasteiger partial charge in [-0.25, -0.2) is 0 Å². The molecule has 2 N–H and O–H groups in total. The van der Waals surface area contributed by atoms with E-state index in [-0.39, 0.29) is 24.3 Å². The largest absolute Gasteiger partial charge is 0.494 e. The van der Waals surface area contributed by atoms with Crippen molar-refractivity contribution in [3.8, 4) is 17.2 Å². The number of hydrogen-bond donors (Lipinski definition) is 2.